The van der Waals surface area contributed by atoms with Gasteiger partial charge in [0.1, 0.15) is 23.7 Å². The first kappa shape index (κ1) is 22.3. The van der Waals surface area contributed by atoms with Gasteiger partial charge in [-0.2, -0.15) is 13.2 Å². The van der Waals surface area contributed by atoms with Crippen LogP contribution in [0.5, 0.6) is 5.75 Å². The molecule has 0 atom stereocenters. The van der Waals surface area contributed by atoms with Gasteiger partial charge >= 0.3 is 6.18 Å². The van der Waals surface area contributed by atoms with Gasteiger partial charge in [0, 0.05) is 17.4 Å². The van der Waals surface area contributed by atoms with Crippen molar-refractivity contribution in [3.63, 3.8) is 0 Å². The Morgan fingerprint density at radius 2 is 1.58 bits per heavy atom. The van der Waals surface area contributed by atoms with Gasteiger partial charge in [-0.25, -0.2) is 23.1 Å². The minimum atomic E-state index is -4.58. The molecular weight excluding hydrogens is 435 g/mol. The summed E-state index contributed by atoms with van der Waals surface area (Å²) < 4.78 is 70.5. The number of anilines is 4. The largest absolute Gasteiger partial charge is 0.496 e. The van der Waals surface area contributed by atoms with Crippen molar-refractivity contribution in [1.29, 1.82) is 0 Å². The third-order valence-corrected chi connectivity index (χ3v) is 5.54. The maximum absolute atomic E-state index is 13.2. The van der Waals surface area contributed by atoms with Gasteiger partial charge in [-0.1, -0.05) is 6.07 Å². The Labute approximate surface area is 176 Å². The minimum absolute atomic E-state index is 0.0605. The molecule has 3 aromatic rings. The molecule has 31 heavy (non-hydrogen) atoms. The predicted molar refractivity (Wildman–Crippen MR) is 109 cm³/mol. The highest BCUT2D eigenvalue weighted by Gasteiger charge is 2.34. The first-order valence-corrected chi connectivity index (χ1v) is 10.3. The highest BCUT2D eigenvalue weighted by molar-refractivity contribution is 7.89. The Morgan fingerprint density at radius 1 is 0.935 bits per heavy atom. The average Bonchev–Trinajstić information content (AvgIpc) is 2.73. The second-order valence-electron chi connectivity index (χ2n) is 6.19. The predicted octanol–water partition coefficient (Wildman–Crippen LogP) is 3.90. The van der Waals surface area contributed by atoms with Crippen LogP contribution >= 0.6 is 0 Å². The van der Waals surface area contributed by atoms with Crippen molar-refractivity contribution in [2.45, 2.75) is 11.1 Å². The van der Waals surface area contributed by atoms with Crippen molar-refractivity contribution < 1.29 is 26.3 Å². The molecule has 0 saturated heterocycles. The van der Waals surface area contributed by atoms with Crippen LogP contribution in [0, 0.1) is 0 Å². The fourth-order valence-corrected chi connectivity index (χ4v) is 3.43. The SMILES string of the molecule is CNS(=O)(=O)c1cccc(Nc2cc(Nc3ccc(OC)c(C(F)(F)F)c3)ncn2)c1. The summed E-state index contributed by atoms with van der Waals surface area (Å²) in [5, 5.41) is 5.72. The lowest BCUT2D eigenvalue weighted by atomic mass is 10.1. The number of nitrogens with zero attached hydrogens (tertiary/aromatic N) is 2. The summed E-state index contributed by atoms with van der Waals surface area (Å²) >= 11 is 0. The molecule has 8 nitrogen and oxygen atoms in total. The van der Waals surface area contributed by atoms with Gasteiger partial charge in [0.15, 0.2) is 0 Å². The third kappa shape index (κ3) is 5.41. The summed E-state index contributed by atoms with van der Waals surface area (Å²) in [7, 11) is -1.15. The molecule has 0 radical (unpaired) electrons. The number of methoxy groups -OCH3 is 1. The number of nitrogens with one attached hydrogen (secondary N) is 3. The quantitative estimate of drug-likeness (QED) is 0.498. The van der Waals surface area contributed by atoms with Gasteiger partial charge in [0.25, 0.3) is 0 Å². The lowest BCUT2D eigenvalue weighted by Gasteiger charge is -2.14. The summed E-state index contributed by atoms with van der Waals surface area (Å²) in [5.74, 6) is 0.246. The van der Waals surface area contributed by atoms with Gasteiger partial charge in [0.2, 0.25) is 10.0 Å². The molecule has 3 N–H and O–H groups in total. The summed E-state index contributed by atoms with van der Waals surface area (Å²) in [6.07, 6.45) is -3.37. The molecule has 12 heteroatoms. The molecule has 0 saturated carbocycles. The molecule has 0 unspecified atom stereocenters. The van der Waals surface area contributed by atoms with Crippen LogP contribution in [0.2, 0.25) is 0 Å². The molecule has 0 fully saturated rings. The summed E-state index contributed by atoms with van der Waals surface area (Å²) in [5.41, 5.74) is -0.320. The maximum Gasteiger partial charge on any atom is 0.420 e. The number of halogens is 3. The normalized spacial score (nSPS) is 11.8. The van der Waals surface area contributed by atoms with Crippen LogP contribution in [0.15, 0.2) is 59.8 Å². The fourth-order valence-electron chi connectivity index (χ4n) is 2.66. The molecule has 3 rings (SSSR count). The van der Waals surface area contributed by atoms with Crippen molar-refractivity contribution in [3.05, 3.63) is 60.4 Å². The molecule has 164 valence electrons. The topological polar surface area (TPSA) is 105 Å². The first-order valence-electron chi connectivity index (χ1n) is 8.77. The van der Waals surface area contributed by atoms with Crippen LogP contribution in [0.25, 0.3) is 0 Å². The first-order chi connectivity index (χ1) is 14.6. The zero-order chi connectivity index (χ0) is 22.6. The molecule has 0 spiro atoms. The molecule has 0 bridgehead atoms. The van der Waals surface area contributed by atoms with E-state index in [0.29, 0.717) is 11.5 Å². The number of aromatic nitrogens is 2. The monoisotopic (exact) mass is 453 g/mol. The minimum Gasteiger partial charge on any atom is -0.496 e. The fraction of sp³-hybridized carbons (Fsp3) is 0.158. The van der Waals surface area contributed by atoms with Crippen molar-refractivity contribution in [2.24, 2.45) is 0 Å². The van der Waals surface area contributed by atoms with Gasteiger partial charge in [-0.15, -0.1) is 0 Å². The van der Waals surface area contributed by atoms with Crippen LogP contribution < -0.4 is 20.1 Å². The van der Waals surface area contributed by atoms with E-state index in [2.05, 4.69) is 25.3 Å². The zero-order valence-corrected chi connectivity index (χ0v) is 17.2. The average molecular weight is 453 g/mol. The summed E-state index contributed by atoms with van der Waals surface area (Å²) in [6.45, 7) is 0. The Bertz CT molecular complexity index is 1190. The van der Waals surface area contributed by atoms with E-state index in [9.17, 15) is 21.6 Å². The standard InChI is InChI=1S/C19H18F3N5O3S/c1-23-31(28,29)14-5-3-4-12(8-14)26-17-10-18(25-11-24-17)27-13-6-7-16(30-2)15(9-13)19(20,21)22/h3-11,23H,1-2H3,(H2,24,25,26,27). The lowest BCUT2D eigenvalue weighted by Crippen LogP contribution is -2.18. The van der Waals surface area contributed by atoms with E-state index in [1.165, 1.54) is 43.7 Å². The molecular formula is C19H18F3N5O3S. The van der Waals surface area contributed by atoms with Crippen molar-refractivity contribution in [2.75, 3.05) is 24.8 Å². The van der Waals surface area contributed by atoms with Crippen LogP contribution in [-0.2, 0) is 16.2 Å². The number of hydrogen-bond acceptors (Lipinski definition) is 7. The van der Waals surface area contributed by atoms with E-state index in [1.54, 1.807) is 12.1 Å². The molecule has 1 heterocycles. The molecule has 1 aromatic heterocycles. The molecule has 0 aliphatic carbocycles. The van der Waals surface area contributed by atoms with E-state index < -0.39 is 21.8 Å². The Hall–Kier alpha value is -3.38. The van der Waals surface area contributed by atoms with Gasteiger partial charge < -0.3 is 15.4 Å². The van der Waals surface area contributed by atoms with Crippen LogP contribution in [0.4, 0.5) is 36.2 Å². The summed E-state index contributed by atoms with van der Waals surface area (Å²) in [4.78, 5) is 8.11. The molecule has 0 amide bonds. The third-order valence-electron chi connectivity index (χ3n) is 4.13. The number of hydrogen-bond donors (Lipinski definition) is 3. The second-order valence-corrected chi connectivity index (χ2v) is 8.07. The number of benzene rings is 2. The highest BCUT2D eigenvalue weighted by atomic mass is 32.2. The number of alkyl halides is 3. The van der Waals surface area contributed by atoms with Crippen molar-refractivity contribution in [3.8, 4) is 5.75 Å². The zero-order valence-electron chi connectivity index (χ0n) is 16.4. The lowest BCUT2D eigenvalue weighted by molar-refractivity contribution is -0.138. The van der Waals surface area contributed by atoms with Gasteiger partial charge in [0.05, 0.1) is 17.6 Å². The van der Waals surface area contributed by atoms with Crippen LogP contribution in [0.1, 0.15) is 5.56 Å². The Kier molecular flexibility index (Phi) is 6.32. The van der Waals surface area contributed by atoms with Crippen molar-refractivity contribution in [1.82, 2.24) is 14.7 Å². The molecule has 0 aliphatic rings. The smallest absolute Gasteiger partial charge is 0.420 e. The maximum atomic E-state index is 13.2. The highest BCUT2D eigenvalue weighted by Crippen LogP contribution is 2.38. The molecule has 2 aromatic carbocycles. The number of ether oxygens (including phenoxy) is 1. The van der Waals surface area contributed by atoms with Gasteiger partial charge in [-0.3, -0.25) is 0 Å². The Morgan fingerprint density at radius 3 is 2.16 bits per heavy atom. The summed E-state index contributed by atoms with van der Waals surface area (Å²) in [6, 6.07) is 11.1. The van der Waals surface area contributed by atoms with Crippen LogP contribution in [-0.4, -0.2) is 32.5 Å². The molecule has 0 aliphatic heterocycles. The van der Waals surface area contributed by atoms with Crippen molar-refractivity contribution >= 4 is 33.0 Å². The Balaban J connectivity index is 1.83. The van der Waals surface area contributed by atoms with E-state index >= 15 is 0 Å². The van der Waals surface area contributed by atoms with Crippen LogP contribution in [0.3, 0.4) is 0 Å². The number of rotatable bonds is 7. The van der Waals surface area contributed by atoms with E-state index in [-0.39, 0.29) is 22.2 Å². The van der Waals surface area contributed by atoms with E-state index in [1.807, 2.05) is 0 Å². The second kappa shape index (κ2) is 8.78. The van der Waals surface area contributed by atoms with Gasteiger partial charge in [-0.05, 0) is 43.4 Å². The van der Waals surface area contributed by atoms with E-state index in [4.69, 9.17) is 4.74 Å². The number of sulfonamides is 1. The van der Waals surface area contributed by atoms with E-state index in [0.717, 1.165) is 13.2 Å².